The third kappa shape index (κ3) is 3.58. The third-order valence-electron chi connectivity index (χ3n) is 1.52. The molecule has 74 valence electrons. The predicted molar refractivity (Wildman–Crippen MR) is 65.7 cm³/mol. The van der Waals surface area contributed by atoms with Crippen LogP contribution in [0, 0.1) is 0 Å². The zero-order valence-corrected chi connectivity index (χ0v) is 9.09. The van der Waals surface area contributed by atoms with Crippen molar-refractivity contribution in [3.8, 4) is 0 Å². The molecule has 0 aliphatic rings. The Morgan fingerprint density at radius 1 is 1.21 bits per heavy atom. The summed E-state index contributed by atoms with van der Waals surface area (Å²) in [6.45, 7) is 12.5. The van der Waals surface area contributed by atoms with Gasteiger partial charge in [-0.3, -0.25) is 4.99 Å². The molecule has 1 nitrogen and oxygen atoms in total. The molecule has 0 atom stereocenters. The number of nitrogens with zero attached hydrogens (tertiary/aromatic N) is 1. The molecule has 0 bridgehead atoms. The highest BCUT2D eigenvalue weighted by atomic mass is 35.5. The zero-order chi connectivity index (χ0) is 11.0. The Balaban J connectivity index is 5.30. The van der Waals surface area contributed by atoms with E-state index in [4.69, 9.17) is 11.6 Å². The van der Waals surface area contributed by atoms with Crippen LogP contribution < -0.4 is 0 Å². The van der Waals surface area contributed by atoms with E-state index in [1.165, 1.54) is 0 Å². The summed E-state index contributed by atoms with van der Waals surface area (Å²) in [6.07, 6.45) is 8.61. The van der Waals surface area contributed by atoms with E-state index in [0.29, 0.717) is 10.7 Å². The van der Waals surface area contributed by atoms with E-state index in [2.05, 4.69) is 24.9 Å². The molecule has 0 aromatic heterocycles. The van der Waals surface area contributed by atoms with Gasteiger partial charge in [-0.2, -0.15) is 0 Å². The molecular formula is C12H14ClN. The van der Waals surface area contributed by atoms with Crippen molar-refractivity contribution in [1.29, 1.82) is 0 Å². The number of halogens is 1. The summed E-state index contributed by atoms with van der Waals surface area (Å²) in [5, 5.41) is 0.616. The lowest BCUT2D eigenvalue weighted by Gasteiger charge is -2.04. The lowest BCUT2D eigenvalue weighted by atomic mass is 10.1. The Labute approximate surface area is 90.5 Å². The lowest BCUT2D eigenvalue weighted by Crippen LogP contribution is -1.86. The van der Waals surface area contributed by atoms with E-state index in [1.807, 2.05) is 6.92 Å². The standard InChI is InChI=1S/C12H14ClN/c1-5-8-10(11(13)7-3)12(14-4)9-6-2/h5-9H,1-2,4H2,3H3/b10-8-,11-7+,12-9+. The SMILES string of the molecule is C=C\C=C(N=C)/C(=C\C=C)C(/Cl)=C\C. The van der Waals surface area contributed by atoms with Crippen LogP contribution in [0.2, 0.25) is 0 Å². The monoisotopic (exact) mass is 207 g/mol. The van der Waals surface area contributed by atoms with Gasteiger partial charge in [-0.1, -0.05) is 49.1 Å². The van der Waals surface area contributed by atoms with Crippen LogP contribution in [-0.4, -0.2) is 6.72 Å². The van der Waals surface area contributed by atoms with Crippen LogP contribution in [-0.2, 0) is 0 Å². The van der Waals surface area contributed by atoms with E-state index < -0.39 is 0 Å². The van der Waals surface area contributed by atoms with Crippen molar-refractivity contribution in [3.63, 3.8) is 0 Å². The van der Waals surface area contributed by atoms with Gasteiger partial charge in [0.05, 0.1) is 5.70 Å². The molecule has 0 N–H and O–H groups in total. The van der Waals surface area contributed by atoms with E-state index in [9.17, 15) is 0 Å². The van der Waals surface area contributed by atoms with Crippen molar-refractivity contribution in [2.75, 3.05) is 0 Å². The second-order valence-corrected chi connectivity index (χ2v) is 2.81. The van der Waals surface area contributed by atoms with E-state index in [-0.39, 0.29) is 0 Å². The molecule has 0 aliphatic heterocycles. The predicted octanol–water partition coefficient (Wildman–Crippen LogP) is 4.01. The number of hydrogen-bond donors (Lipinski definition) is 0. The maximum atomic E-state index is 6.00. The first-order valence-corrected chi connectivity index (χ1v) is 4.53. The molecule has 0 saturated heterocycles. The van der Waals surface area contributed by atoms with Gasteiger partial charge in [-0.25, -0.2) is 0 Å². The summed E-state index contributed by atoms with van der Waals surface area (Å²) in [5.41, 5.74) is 1.47. The molecule has 0 saturated carbocycles. The molecule has 0 aromatic rings. The fraction of sp³-hybridized carbons (Fsp3) is 0.0833. The molecule has 0 spiro atoms. The minimum Gasteiger partial charge on any atom is -0.264 e. The second-order valence-electron chi connectivity index (χ2n) is 2.40. The first kappa shape index (κ1) is 12.7. The minimum atomic E-state index is 0.616. The maximum absolute atomic E-state index is 6.00. The van der Waals surface area contributed by atoms with Gasteiger partial charge in [0.1, 0.15) is 0 Å². The van der Waals surface area contributed by atoms with Crippen LogP contribution in [0.4, 0.5) is 0 Å². The third-order valence-corrected chi connectivity index (χ3v) is 1.94. The molecule has 0 heterocycles. The Hall–Kier alpha value is -1.34. The normalized spacial score (nSPS) is 13.7. The highest BCUT2D eigenvalue weighted by molar-refractivity contribution is 6.32. The van der Waals surface area contributed by atoms with E-state index in [0.717, 1.165) is 5.57 Å². The quantitative estimate of drug-likeness (QED) is 0.477. The van der Waals surface area contributed by atoms with Crippen molar-refractivity contribution in [1.82, 2.24) is 0 Å². The Morgan fingerprint density at radius 2 is 1.79 bits per heavy atom. The van der Waals surface area contributed by atoms with Crippen LogP contribution in [0.5, 0.6) is 0 Å². The lowest BCUT2D eigenvalue weighted by molar-refractivity contribution is 1.34. The van der Waals surface area contributed by atoms with Gasteiger partial charge in [0.25, 0.3) is 0 Å². The summed E-state index contributed by atoms with van der Waals surface area (Å²) in [5.74, 6) is 0. The fourth-order valence-corrected chi connectivity index (χ4v) is 1.06. The average molecular weight is 208 g/mol. The largest absolute Gasteiger partial charge is 0.264 e. The van der Waals surface area contributed by atoms with E-state index >= 15 is 0 Å². The van der Waals surface area contributed by atoms with Crippen LogP contribution in [0.15, 0.2) is 64.8 Å². The van der Waals surface area contributed by atoms with Gasteiger partial charge in [-0.05, 0) is 19.7 Å². The number of hydrogen-bond acceptors (Lipinski definition) is 1. The highest BCUT2D eigenvalue weighted by Gasteiger charge is 2.04. The Bertz CT molecular complexity index is 319. The highest BCUT2D eigenvalue weighted by Crippen LogP contribution is 2.23. The fourth-order valence-electron chi connectivity index (χ4n) is 0.900. The van der Waals surface area contributed by atoms with Gasteiger partial charge in [0, 0.05) is 10.6 Å². The number of allylic oxidation sites excluding steroid dienone is 6. The van der Waals surface area contributed by atoms with Gasteiger partial charge in [0.2, 0.25) is 0 Å². The van der Waals surface area contributed by atoms with Gasteiger partial charge in [-0.15, -0.1) is 0 Å². The van der Waals surface area contributed by atoms with Crippen LogP contribution in [0.1, 0.15) is 6.92 Å². The molecule has 0 radical (unpaired) electrons. The summed E-state index contributed by atoms with van der Waals surface area (Å²) in [7, 11) is 0. The second kappa shape index (κ2) is 7.10. The summed E-state index contributed by atoms with van der Waals surface area (Å²) < 4.78 is 0. The molecule has 0 amide bonds. The van der Waals surface area contributed by atoms with E-state index in [1.54, 1.807) is 30.4 Å². The van der Waals surface area contributed by atoms with Crippen LogP contribution in [0.3, 0.4) is 0 Å². The van der Waals surface area contributed by atoms with Crippen molar-refractivity contribution in [2.45, 2.75) is 6.92 Å². The molecular weight excluding hydrogens is 194 g/mol. The molecule has 2 heteroatoms. The molecule has 14 heavy (non-hydrogen) atoms. The topological polar surface area (TPSA) is 12.4 Å². The van der Waals surface area contributed by atoms with Crippen LogP contribution >= 0.6 is 11.6 Å². The molecule has 0 aliphatic carbocycles. The zero-order valence-electron chi connectivity index (χ0n) is 8.33. The molecule has 0 aromatic carbocycles. The van der Waals surface area contributed by atoms with Gasteiger partial charge in [0.15, 0.2) is 0 Å². The number of rotatable bonds is 5. The average Bonchev–Trinajstić information content (AvgIpc) is 2.22. The van der Waals surface area contributed by atoms with Gasteiger partial charge < -0.3 is 0 Å². The van der Waals surface area contributed by atoms with Crippen LogP contribution in [0.25, 0.3) is 0 Å². The smallest absolute Gasteiger partial charge is 0.0709 e. The first-order valence-electron chi connectivity index (χ1n) is 4.16. The summed E-state index contributed by atoms with van der Waals surface area (Å²) >= 11 is 6.00. The summed E-state index contributed by atoms with van der Waals surface area (Å²) in [4.78, 5) is 3.86. The van der Waals surface area contributed by atoms with Crippen molar-refractivity contribution in [2.24, 2.45) is 4.99 Å². The first-order chi connectivity index (χ1) is 6.71. The number of aliphatic imine (C=N–C) groups is 1. The van der Waals surface area contributed by atoms with Crippen molar-refractivity contribution in [3.05, 3.63) is 59.8 Å². The Morgan fingerprint density at radius 3 is 2.14 bits per heavy atom. The molecule has 0 unspecified atom stereocenters. The molecule has 0 fully saturated rings. The summed E-state index contributed by atoms with van der Waals surface area (Å²) in [6, 6.07) is 0. The minimum absolute atomic E-state index is 0.616. The Kier molecular flexibility index (Phi) is 6.42. The van der Waals surface area contributed by atoms with Gasteiger partial charge >= 0.3 is 0 Å². The van der Waals surface area contributed by atoms with Crippen molar-refractivity contribution < 1.29 is 0 Å². The van der Waals surface area contributed by atoms with Crippen molar-refractivity contribution >= 4 is 18.3 Å². The molecule has 0 rings (SSSR count). The maximum Gasteiger partial charge on any atom is 0.0709 e.